The molecule has 1 aliphatic rings. The van der Waals surface area contributed by atoms with E-state index >= 15 is 0 Å². The maximum atomic E-state index is 10.7. The summed E-state index contributed by atoms with van der Waals surface area (Å²) < 4.78 is 0. The van der Waals surface area contributed by atoms with Gasteiger partial charge >= 0.3 is 6.03 Å². The Morgan fingerprint density at radius 2 is 2.00 bits per heavy atom. The normalized spacial score (nSPS) is 15.7. The molecule has 0 saturated carbocycles. The molecule has 0 fully saturated rings. The highest BCUT2D eigenvalue weighted by Gasteiger charge is 2.10. The minimum Gasteiger partial charge on any atom is -0.313 e. The summed E-state index contributed by atoms with van der Waals surface area (Å²) in [5, 5.41) is 6.33. The maximum absolute atomic E-state index is 10.7. The highest BCUT2D eigenvalue weighted by Crippen LogP contribution is 2.13. The molecule has 0 aromatic heterocycles. The molecule has 3 nitrogen and oxygen atoms in total. The third kappa shape index (κ3) is 1.69. The van der Waals surface area contributed by atoms with Crippen LogP contribution in [-0.4, -0.2) is 12.6 Å². The fourth-order valence-electron chi connectivity index (χ4n) is 1.22. The van der Waals surface area contributed by atoms with Crippen molar-refractivity contribution in [3.8, 4) is 0 Å². The fourth-order valence-corrected chi connectivity index (χ4v) is 1.22. The zero-order chi connectivity index (χ0) is 9.10. The van der Waals surface area contributed by atoms with Crippen molar-refractivity contribution in [3.63, 3.8) is 0 Å². The molecule has 0 atom stereocenters. The third-order valence-electron chi connectivity index (χ3n) is 1.91. The lowest BCUT2D eigenvalue weighted by molar-refractivity contribution is 0.243. The smallest absolute Gasteiger partial charge is 0.313 e. The van der Waals surface area contributed by atoms with Gasteiger partial charge in [-0.1, -0.05) is 30.3 Å². The molecule has 65 valence electrons. The molecule has 1 heterocycles. The number of hydrogen-bond donors (Lipinski definition) is 1. The number of carbonyl (C=O) groups is 1. The molecule has 1 radical (unpaired) electrons. The molecule has 0 spiro atoms. The number of nitrogens with one attached hydrogen (secondary N) is 1. The van der Waals surface area contributed by atoms with Crippen molar-refractivity contribution in [2.24, 2.45) is 0 Å². The van der Waals surface area contributed by atoms with Crippen molar-refractivity contribution < 1.29 is 4.79 Å². The maximum Gasteiger partial charge on any atom is 0.340 e. The summed E-state index contributed by atoms with van der Waals surface area (Å²) >= 11 is 0. The highest BCUT2D eigenvalue weighted by atomic mass is 16.2. The van der Waals surface area contributed by atoms with Crippen molar-refractivity contribution >= 4 is 11.6 Å². The molecular weight excluding hydrogens is 164 g/mol. The molecule has 2 rings (SSSR count). The average Bonchev–Trinajstić information content (AvgIpc) is 2.20. The first-order valence-electron chi connectivity index (χ1n) is 4.09. The second kappa shape index (κ2) is 3.31. The summed E-state index contributed by atoms with van der Waals surface area (Å²) in [5.74, 6) is 0. The van der Waals surface area contributed by atoms with Gasteiger partial charge in [-0.25, -0.2) is 10.1 Å². The molecule has 1 N–H and O–H groups in total. The molecule has 1 aromatic carbocycles. The van der Waals surface area contributed by atoms with Crippen LogP contribution in [0.5, 0.6) is 0 Å². The Bertz CT molecular complexity index is 343. The summed E-state index contributed by atoms with van der Waals surface area (Å²) in [6.07, 6.45) is 1.71. The van der Waals surface area contributed by atoms with Gasteiger partial charge in [0.15, 0.2) is 0 Å². The zero-order valence-corrected chi connectivity index (χ0v) is 7.03. The van der Waals surface area contributed by atoms with Crippen molar-refractivity contribution in [1.29, 1.82) is 0 Å². The Kier molecular flexibility index (Phi) is 2.00. The van der Waals surface area contributed by atoms with Crippen molar-refractivity contribution in [3.05, 3.63) is 42.1 Å². The van der Waals surface area contributed by atoms with E-state index in [9.17, 15) is 4.79 Å². The van der Waals surface area contributed by atoms with E-state index in [4.69, 9.17) is 0 Å². The Labute approximate surface area is 76.5 Å². The molecular formula is C10H9N2O. The topological polar surface area (TPSA) is 43.2 Å². The predicted octanol–water partition coefficient (Wildman–Crippen LogP) is 1.36. The van der Waals surface area contributed by atoms with E-state index < -0.39 is 0 Å². The SMILES string of the molecule is O=C1[N]CC(c2ccccc2)=CN1. The molecule has 1 aromatic rings. The van der Waals surface area contributed by atoms with Gasteiger partial charge in [-0.05, 0) is 11.1 Å². The lowest BCUT2D eigenvalue weighted by Gasteiger charge is -2.12. The monoisotopic (exact) mass is 173 g/mol. The van der Waals surface area contributed by atoms with Gasteiger partial charge in [-0.2, -0.15) is 0 Å². The van der Waals surface area contributed by atoms with Crippen LogP contribution < -0.4 is 10.6 Å². The minimum absolute atomic E-state index is 0.264. The van der Waals surface area contributed by atoms with Gasteiger partial charge in [0.25, 0.3) is 0 Å². The Hall–Kier alpha value is -1.77. The Morgan fingerprint density at radius 3 is 2.62 bits per heavy atom. The van der Waals surface area contributed by atoms with Crippen LogP contribution in [-0.2, 0) is 0 Å². The largest absolute Gasteiger partial charge is 0.340 e. The number of amides is 2. The fraction of sp³-hybridized carbons (Fsp3) is 0.100. The Morgan fingerprint density at radius 1 is 1.23 bits per heavy atom. The minimum atomic E-state index is -0.264. The van der Waals surface area contributed by atoms with E-state index in [0.717, 1.165) is 11.1 Å². The molecule has 1 aliphatic heterocycles. The van der Waals surface area contributed by atoms with Crippen LogP contribution in [0.15, 0.2) is 36.5 Å². The van der Waals surface area contributed by atoms with Crippen LogP contribution in [0, 0.1) is 0 Å². The van der Waals surface area contributed by atoms with E-state index in [1.807, 2.05) is 30.3 Å². The lowest BCUT2D eigenvalue weighted by atomic mass is 10.1. The van der Waals surface area contributed by atoms with Crippen LogP contribution >= 0.6 is 0 Å². The van der Waals surface area contributed by atoms with Crippen molar-refractivity contribution in [2.75, 3.05) is 6.54 Å². The van der Waals surface area contributed by atoms with Gasteiger partial charge in [0.2, 0.25) is 0 Å². The van der Waals surface area contributed by atoms with Crippen LogP contribution in [0.2, 0.25) is 0 Å². The zero-order valence-electron chi connectivity index (χ0n) is 7.03. The molecule has 0 saturated heterocycles. The first kappa shape index (κ1) is 7.86. The van der Waals surface area contributed by atoms with Crippen molar-refractivity contribution in [2.45, 2.75) is 0 Å². The van der Waals surface area contributed by atoms with Gasteiger partial charge in [0.1, 0.15) is 0 Å². The third-order valence-corrected chi connectivity index (χ3v) is 1.91. The molecule has 2 amide bonds. The predicted molar refractivity (Wildman–Crippen MR) is 50.0 cm³/mol. The van der Waals surface area contributed by atoms with Crippen LogP contribution in [0.3, 0.4) is 0 Å². The summed E-state index contributed by atoms with van der Waals surface area (Å²) in [6, 6.07) is 9.62. The Balaban J connectivity index is 2.23. The quantitative estimate of drug-likeness (QED) is 0.684. The van der Waals surface area contributed by atoms with Gasteiger partial charge < -0.3 is 5.32 Å². The van der Waals surface area contributed by atoms with E-state index in [2.05, 4.69) is 10.6 Å². The standard InChI is InChI=1S/C10H9N2O/c13-10-11-6-9(7-12-10)8-4-2-1-3-5-8/h1-6H,7H2,(H,11,13). The number of benzene rings is 1. The van der Waals surface area contributed by atoms with Gasteiger partial charge in [0.05, 0.1) is 6.54 Å². The van der Waals surface area contributed by atoms with Gasteiger partial charge in [-0.15, -0.1) is 0 Å². The highest BCUT2D eigenvalue weighted by molar-refractivity contribution is 5.83. The van der Waals surface area contributed by atoms with E-state index in [1.165, 1.54) is 0 Å². The molecule has 0 bridgehead atoms. The number of nitrogens with zero attached hydrogens (tertiary/aromatic N) is 1. The number of urea groups is 1. The second-order valence-corrected chi connectivity index (χ2v) is 2.80. The molecule has 0 unspecified atom stereocenters. The second-order valence-electron chi connectivity index (χ2n) is 2.80. The average molecular weight is 173 g/mol. The molecule has 0 aliphatic carbocycles. The first-order chi connectivity index (χ1) is 6.36. The molecule has 13 heavy (non-hydrogen) atoms. The van der Waals surface area contributed by atoms with E-state index in [-0.39, 0.29) is 6.03 Å². The van der Waals surface area contributed by atoms with Crippen LogP contribution in [0.4, 0.5) is 4.79 Å². The van der Waals surface area contributed by atoms with Crippen LogP contribution in [0.25, 0.3) is 5.57 Å². The van der Waals surface area contributed by atoms with Gasteiger partial charge in [-0.3, -0.25) is 0 Å². The first-order valence-corrected chi connectivity index (χ1v) is 4.09. The van der Waals surface area contributed by atoms with E-state index in [1.54, 1.807) is 6.20 Å². The summed E-state index contributed by atoms with van der Waals surface area (Å²) in [5.41, 5.74) is 2.14. The molecule has 3 heteroatoms. The van der Waals surface area contributed by atoms with Crippen molar-refractivity contribution in [1.82, 2.24) is 10.6 Å². The lowest BCUT2D eigenvalue weighted by Crippen LogP contribution is -2.32. The van der Waals surface area contributed by atoms with E-state index in [0.29, 0.717) is 6.54 Å². The summed E-state index contributed by atoms with van der Waals surface area (Å²) in [4.78, 5) is 10.7. The van der Waals surface area contributed by atoms with Gasteiger partial charge in [0, 0.05) is 6.20 Å². The number of rotatable bonds is 1. The number of hydrogen-bond acceptors (Lipinski definition) is 1. The number of carbonyl (C=O) groups excluding carboxylic acids is 1. The summed E-state index contributed by atoms with van der Waals surface area (Å²) in [7, 11) is 0. The van der Waals surface area contributed by atoms with Crippen LogP contribution in [0.1, 0.15) is 5.56 Å². The summed E-state index contributed by atoms with van der Waals surface area (Å²) in [6.45, 7) is 0.468.